The van der Waals surface area contributed by atoms with Crippen LogP contribution in [0, 0.1) is 46.3 Å². The molecule has 0 heterocycles. The van der Waals surface area contributed by atoms with Gasteiger partial charge in [-0.15, -0.1) is 26.3 Å². The van der Waals surface area contributed by atoms with Crippen molar-refractivity contribution < 1.29 is 38.1 Å². The summed E-state index contributed by atoms with van der Waals surface area (Å²) in [6, 6.07) is 0.647. The molecule has 4 aliphatic carbocycles. The summed E-state index contributed by atoms with van der Waals surface area (Å²) in [6.45, 7) is 34.4. The van der Waals surface area contributed by atoms with Crippen molar-refractivity contribution in [3.05, 3.63) is 50.3 Å². The Balaban J connectivity index is 0.00000271. The molecule has 0 amide bonds. The first-order valence-corrected chi connectivity index (χ1v) is 23.3. The Hall–Kier alpha value is -1.58. The van der Waals surface area contributed by atoms with E-state index in [0.29, 0.717) is 50.2 Å². The summed E-state index contributed by atoms with van der Waals surface area (Å²) in [5, 5.41) is 4.73. The van der Waals surface area contributed by atoms with Gasteiger partial charge in [0.2, 0.25) is 0 Å². The molecule has 0 aromatic rings. The van der Waals surface area contributed by atoms with Gasteiger partial charge in [0, 0.05) is 32.0 Å². The molecule has 0 bridgehead atoms. The van der Waals surface area contributed by atoms with Crippen LogP contribution >= 0.6 is 8.53 Å². The molecule has 9 nitrogen and oxygen atoms in total. The minimum absolute atomic E-state index is 0.0160. The summed E-state index contributed by atoms with van der Waals surface area (Å²) in [5.41, 5.74) is 2.33. The highest BCUT2D eigenvalue weighted by Crippen LogP contribution is 2.67. The molecule has 0 radical (unpaired) electrons. The molecule has 3 saturated carbocycles. The van der Waals surface area contributed by atoms with E-state index in [9.17, 15) is 4.79 Å². The van der Waals surface area contributed by atoms with Crippen molar-refractivity contribution in [3.63, 3.8) is 0 Å². The third-order valence-corrected chi connectivity index (χ3v) is 15.5. The molecule has 4 rings (SSSR count). The summed E-state index contributed by atoms with van der Waals surface area (Å²) in [7, 11) is 0.548. The predicted molar refractivity (Wildman–Crippen MR) is 235 cm³/mol. The average molecular weight is 822 g/mol. The molecule has 0 N–H and O–H groups in total. The van der Waals surface area contributed by atoms with Gasteiger partial charge in [0.1, 0.15) is 19.0 Å². The minimum atomic E-state index is -1.12. The van der Waals surface area contributed by atoms with Crippen LogP contribution < -0.4 is 0 Å². The maximum absolute atomic E-state index is 12.7. The van der Waals surface area contributed by atoms with Crippen molar-refractivity contribution in [1.29, 1.82) is 0 Å². The second-order valence-corrected chi connectivity index (χ2v) is 19.5. The van der Waals surface area contributed by atoms with Crippen LogP contribution in [0.15, 0.2) is 50.3 Å². The van der Waals surface area contributed by atoms with E-state index in [1.165, 1.54) is 57.6 Å². The molecule has 10 heteroatoms. The number of hydrogen-bond donors (Lipinski definition) is 0. The van der Waals surface area contributed by atoms with Crippen LogP contribution in [0.2, 0.25) is 0 Å². The molecule has 0 spiro atoms. The molecule has 5 unspecified atom stereocenters. The van der Waals surface area contributed by atoms with E-state index in [1.807, 2.05) is 0 Å². The highest BCUT2D eigenvalue weighted by atomic mass is 31.2. The molecular formula is C47H84NO8P. The molecule has 4 aliphatic rings. The third kappa shape index (κ3) is 14.8. The quantitative estimate of drug-likeness (QED) is 0.0190. The van der Waals surface area contributed by atoms with Crippen molar-refractivity contribution >= 4 is 14.5 Å². The number of ether oxygens (including phenoxy) is 2. The van der Waals surface area contributed by atoms with Crippen LogP contribution in [0.1, 0.15) is 146 Å². The van der Waals surface area contributed by atoms with Gasteiger partial charge >= 0.3 is 5.97 Å². The Morgan fingerprint density at radius 2 is 1.61 bits per heavy atom. The van der Waals surface area contributed by atoms with Crippen LogP contribution in [-0.4, -0.2) is 62.4 Å². The molecule has 0 aliphatic heterocycles. The summed E-state index contributed by atoms with van der Waals surface area (Å²) in [4.78, 5) is 22.7. The molecule has 0 aromatic heterocycles. The first kappa shape index (κ1) is 51.6. The Morgan fingerprint density at radius 3 is 2.28 bits per heavy atom. The van der Waals surface area contributed by atoms with E-state index in [4.69, 9.17) is 33.3 Å². The lowest BCUT2D eigenvalue weighted by atomic mass is 9.47. The Kier molecular flexibility index (Phi) is 24.1. The molecule has 9 atom stereocenters. The normalized spacial score (nSPS) is 29.1. The first-order valence-electron chi connectivity index (χ1n) is 22.1. The fourth-order valence-electron chi connectivity index (χ4n) is 10.9. The van der Waals surface area contributed by atoms with Gasteiger partial charge in [-0.1, -0.05) is 65.5 Å². The van der Waals surface area contributed by atoms with Crippen molar-refractivity contribution in [3.8, 4) is 0 Å². The maximum atomic E-state index is 12.7. The highest BCUT2D eigenvalue weighted by Gasteiger charge is 2.59. The van der Waals surface area contributed by atoms with Gasteiger partial charge in [0.05, 0.1) is 19.8 Å². The number of fused-ring (bicyclic) bond motifs is 5. The second kappa shape index (κ2) is 26.6. The molecule has 57 heavy (non-hydrogen) atoms. The van der Waals surface area contributed by atoms with Crippen LogP contribution in [0.25, 0.3) is 0 Å². The van der Waals surface area contributed by atoms with Crippen LogP contribution in [-0.2, 0) is 38.1 Å². The Morgan fingerprint density at radius 1 is 0.912 bits per heavy atom. The summed E-state index contributed by atoms with van der Waals surface area (Å²) >= 11 is 0. The lowest BCUT2D eigenvalue weighted by molar-refractivity contribution is -0.491. The average Bonchev–Trinajstić information content (AvgIpc) is 3.54. The van der Waals surface area contributed by atoms with Gasteiger partial charge in [0.15, 0.2) is 0 Å². The molecule has 0 aromatic carbocycles. The van der Waals surface area contributed by atoms with E-state index in [1.54, 1.807) is 18.8 Å². The van der Waals surface area contributed by atoms with Gasteiger partial charge in [0.25, 0.3) is 8.53 Å². The number of allylic oxidation sites excluding steroid dienone is 2. The van der Waals surface area contributed by atoms with E-state index < -0.39 is 8.53 Å². The van der Waals surface area contributed by atoms with Gasteiger partial charge in [-0.3, -0.25) is 4.79 Å². The molecule has 330 valence electrons. The van der Waals surface area contributed by atoms with Crippen LogP contribution in [0.3, 0.4) is 0 Å². The number of nitrogens with zero attached hydrogens (tertiary/aromatic N) is 1. The smallest absolute Gasteiger partial charge is 0.306 e. The first-order chi connectivity index (χ1) is 27.3. The van der Waals surface area contributed by atoms with Crippen LogP contribution in [0.4, 0.5) is 0 Å². The second-order valence-electron chi connectivity index (χ2n) is 18.0. The monoisotopic (exact) mass is 822 g/mol. The fraction of sp³-hybridized carbons (Fsp3) is 0.809. The summed E-state index contributed by atoms with van der Waals surface area (Å²) < 4.78 is 25.2. The predicted octanol–water partition coefficient (Wildman–Crippen LogP) is 12.7. The van der Waals surface area contributed by atoms with Gasteiger partial charge < -0.3 is 23.4 Å². The zero-order valence-electron chi connectivity index (χ0n) is 37.9. The highest BCUT2D eigenvalue weighted by molar-refractivity contribution is 7.44. The van der Waals surface area contributed by atoms with E-state index in [-0.39, 0.29) is 24.1 Å². The molecule has 3 fully saturated rings. The largest absolute Gasteiger partial charge is 0.462 e. The van der Waals surface area contributed by atoms with Crippen molar-refractivity contribution in [1.82, 2.24) is 4.67 Å². The Labute approximate surface area is 350 Å². The zero-order valence-corrected chi connectivity index (χ0v) is 38.8. The van der Waals surface area contributed by atoms with Crippen molar-refractivity contribution in [2.24, 2.45) is 46.3 Å². The van der Waals surface area contributed by atoms with Crippen molar-refractivity contribution in [2.45, 2.75) is 164 Å². The standard InChI is InChI=1S/C43H76NO8P.2C2H4/c1-31(2)14-13-15-34(7)38-19-20-39-37-18-17-35-30-36(21-23-42(35,8)40(37)22-24-43(38,39)9)51-41(45)16-11-12-25-48-52-49-28-26-47-27-29-50-53(46-10)44(32(3)4)33(5)6;2*1-2/h12,17,25,31-34,36-40H,11,13-16,18-24,26-30H2,1-10H3;2*1-2H2/t34-,36-,37?,38?,39?,40?,42-,43+,53?;;/m0../s1. The van der Waals surface area contributed by atoms with Gasteiger partial charge in [-0.2, -0.15) is 4.89 Å². The topological polar surface area (TPSA) is 84.9 Å². The zero-order chi connectivity index (χ0) is 42.6. The number of hydrogen-bond acceptors (Lipinski definition) is 9. The SMILES string of the molecule is C=C.C=C.COP(OCCOCCOOOC=CCCC(=O)O[C@H]1CC[C@@]2(C)C(=CCC3C4CCC([C@@H](C)CCCC(C)C)[C@@]4(C)CCC32)C1)N(C(C)C)C(C)C. The van der Waals surface area contributed by atoms with Gasteiger partial charge in [-0.05, 0) is 137 Å². The minimum Gasteiger partial charge on any atom is -0.462 e. The third-order valence-electron chi connectivity index (χ3n) is 13.5. The number of rotatable bonds is 23. The van der Waals surface area contributed by atoms with E-state index >= 15 is 0 Å². The Bertz CT molecular complexity index is 1190. The lowest BCUT2D eigenvalue weighted by Crippen LogP contribution is -2.51. The number of carbonyl (C=O) groups excluding carboxylic acids is 1. The number of carbonyl (C=O) groups is 1. The summed E-state index contributed by atoms with van der Waals surface area (Å²) in [6.07, 6.45) is 20.5. The van der Waals surface area contributed by atoms with Crippen LogP contribution in [0.5, 0.6) is 0 Å². The van der Waals surface area contributed by atoms with Crippen molar-refractivity contribution in [2.75, 3.05) is 33.5 Å². The molecular weight excluding hydrogens is 737 g/mol. The van der Waals surface area contributed by atoms with Gasteiger partial charge in [-0.25, -0.2) is 4.67 Å². The molecule has 0 saturated heterocycles. The van der Waals surface area contributed by atoms with E-state index in [0.717, 1.165) is 54.8 Å². The fourth-order valence-corrected chi connectivity index (χ4v) is 12.4. The maximum Gasteiger partial charge on any atom is 0.306 e. The lowest BCUT2D eigenvalue weighted by Gasteiger charge is -2.58. The summed E-state index contributed by atoms with van der Waals surface area (Å²) in [5.74, 6) is 4.85. The number of esters is 1. The van der Waals surface area contributed by atoms with E-state index in [2.05, 4.69) is 99.4 Å².